The first kappa shape index (κ1) is 21.9. The van der Waals surface area contributed by atoms with E-state index < -0.39 is 17.7 Å². The topological polar surface area (TPSA) is 87.1 Å². The van der Waals surface area contributed by atoms with Gasteiger partial charge in [-0.15, -0.1) is 0 Å². The van der Waals surface area contributed by atoms with Crippen molar-refractivity contribution in [3.8, 4) is 11.5 Å². The van der Waals surface area contributed by atoms with Crippen molar-refractivity contribution in [2.24, 2.45) is 0 Å². The molecule has 1 aliphatic heterocycles. The number of carbonyl (C=O) groups excluding carboxylic acids is 2. The van der Waals surface area contributed by atoms with Gasteiger partial charge in [-0.25, -0.2) is 0 Å². The zero-order valence-electron chi connectivity index (χ0n) is 16.9. The quantitative estimate of drug-likeness (QED) is 0.261. The molecular weight excluding hydrogens is 450 g/mol. The van der Waals surface area contributed by atoms with Gasteiger partial charge in [0.25, 0.3) is 11.7 Å². The summed E-state index contributed by atoms with van der Waals surface area (Å²) in [4.78, 5) is 27.2. The third-order valence-corrected chi connectivity index (χ3v) is 5.77. The van der Waals surface area contributed by atoms with Gasteiger partial charge in [0.05, 0.1) is 23.2 Å². The SMILES string of the molecule is CCCCCN1C(=O)C(=O)/C(=C(\O)c2ccc(OC)c(Br)c2)C1c1cccc(O)c1. The molecule has 2 aromatic rings. The van der Waals surface area contributed by atoms with Gasteiger partial charge in [-0.3, -0.25) is 9.59 Å². The number of phenolic OH excluding ortho intramolecular Hbond substituents is 1. The number of hydrogen-bond donors (Lipinski definition) is 2. The number of likely N-dealkylation sites (tertiary alicyclic amines) is 1. The molecule has 0 aliphatic carbocycles. The Balaban J connectivity index is 2.13. The minimum atomic E-state index is -0.769. The number of phenols is 1. The highest BCUT2D eigenvalue weighted by Crippen LogP contribution is 2.41. The van der Waals surface area contributed by atoms with Crippen LogP contribution in [-0.2, 0) is 9.59 Å². The Labute approximate surface area is 183 Å². The van der Waals surface area contributed by atoms with E-state index in [4.69, 9.17) is 4.74 Å². The molecule has 0 spiro atoms. The lowest BCUT2D eigenvalue weighted by Crippen LogP contribution is -2.30. The molecule has 0 aromatic heterocycles. The van der Waals surface area contributed by atoms with Crippen molar-refractivity contribution in [2.45, 2.75) is 32.2 Å². The Morgan fingerprint density at radius 3 is 2.57 bits per heavy atom. The van der Waals surface area contributed by atoms with Gasteiger partial charge in [-0.05, 0) is 58.2 Å². The monoisotopic (exact) mass is 473 g/mol. The number of ether oxygens (including phenoxy) is 1. The second-order valence-electron chi connectivity index (χ2n) is 7.14. The summed E-state index contributed by atoms with van der Waals surface area (Å²) >= 11 is 3.38. The Bertz CT molecular complexity index is 1000. The highest BCUT2D eigenvalue weighted by Gasteiger charge is 2.45. The van der Waals surface area contributed by atoms with Crippen LogP contribution >= 0.6 is 15.9 Å². The third kappa shape index (κ3) is 4.21. The summed E-state index contributed by atoms with van der Waals surface area (Å²) in [6.45, 7) is 2.45. The highest BCUT2D eigenvalue weighted by atomic mass is 79.9. The van der Waals surface area contributed by atoms with E-state index in [1.807, 2.05) is 0 Å². The molecule has 2 N–H and O–H groups in total. The van der Waals surface area contributed by atoms with E-state index in [1.54, 1.807) is 30.3 Å². The van der Waals surface area contributed by atoms with Gasteiger partial charge in [0, 0.05) is 12.1 Å². The van der Waals surface area contributed by atoms with Crippen molar-refractivity contribution in [1.29, 1.82) is 0 Å². The van der Waals surface area contributed by atoms with Crippen LogP contribution in [0.1, 0.15) is 43.4 Å². The van der Waals surface area contributed by atoms with Crippen LogP contribution in [0.3, 0.4) is 0 Å². The number of aromatic hydroxyl groups is 1. The minimum Gasteiger partial charge on any atom is -0.508 e. The number of ketones is 1. The zero-order chi connectivity index (χ0) is 21.8. The number of nitrogens with zero attached hydrogens (tertiary/aromatic N) is 1. The maximum atomic E-state index is 12.9. The summed E-state index contributed by atoms with van der Waals surface area (Å²) in [6.07, 6.45) is 2.63. The van der Waals surface area contributed by atoms with Crippen LogP contribution in [0.4, 0.5) is 0 Å². The summed E-state index contributed by atoms with van der Waals surface area (Å²) in [6, 6.07) is 10.6. The largest absolute Gasteiger partial charge is 0.508 e. The lowest BCUT2D eigenvalue weighted by molar-refractivity contribution is -0.139. The van der Waals surface area contributed by atoms with Crippen LogP contribution in [0.2, 0.25) is 0 Å². The molecule has 1 amide bonds. The third-order valence-electron chi connectivity index (χ3n) is 5.15. The first-order valence-electron chi connectivity index (χ1n) is 9.80. The molecule has 158 valence electrons. The average Bonchev–Trinajstić information content (AvgIpc) is 2.98. The molecule has 1 atom stereocenters. The number of aliphatic hydroxyl groups excluding tert-OH is 1. The van der Waals surface area contributed by atoms with Crippen molar-refractivity contribution in [2.75, 3.05) is 13.7 Å². The van der Waals surface area contributed by atoms with Crippen LogP contribution in [0, 0.1) is 0 Å². The molecule has 1 heterocycles. The van der Waals surface area contributed by atoms with Crippen molar-refractivity contribution < 1.29 is 24.5 Å². The van der Waals surface area contributed by atoms with Crippen LogP contribution in [-0.4, -0.2) is 40.5 Å². The summed E-state index contributed by atoms with van der Waals surface area (Å²) in [5.74, 6) is -1.03. The smallest absolute Gasteiger partial charge is 0.295 e. The average molecular weight is 474 g/mol. The maximum absolute atomic E-state index is 12.9. The normalized spacial score (nSPS) is 18.1. The number of aliphatic hydroxyl groups is 1. The summed E-state index contributed by atoms with van der Waals surface area (Å²) in [5, 5.41) is 21.0. The fourth-order valence-corrected chi connectivity index (χ4v) is 4.19. The van der Waals surface area contributed by atoms with Gasteiger partial charge in [0.15, 0.2) is 0 Å². The number of rotatable bonds is 7. The fraction of sp³-hybridized carbons (Fsp3) is 0.304. The van der Waals surface area contributed by atoms with E-state index in [0.29, 0.717) is 27.9 Å². The Morgan fingerprint density at radius 2 is 1.93 bits per heavy atom. The van der Waals surface area contributed by atoms with Crippen molar-refractivity contribution >= 4 is 33.4 Å². The fourth-order valence-electron chi connectivity index (χ4n) is 3.65. The van der Waals surface area contributed by atoms with E-state index in [-0.39, 0.29) is 17.1 Å². The molecule has 1 saturated heterocycles. The van der Waals surface area contributed by atoms with E-state index in [2.05, 4.69) is 22.9 Å². The van der Waals surface area contributed by atoms with E-state index in [1.165, 1.54) is 24.1 Å². The summed E-state index contributed by atoms with van der Waals surface area (Å²) in [5.41, 5.74) is 0.971. The number of halogens is 1. The molecule has 2 aromatic carbocycles. The van der Waals surface area contributed by atoms with Gasteiger partial charge < -0.3 is 19.8 Å². The van der Waals surface area contributed by atoms with Crippen molar-refractivity contribution in [3.63, 3.8) is 0 Å². The number of benzene rings is 2. The maximum Gasteiger partial charge on any atom is 0.295 e. The predicted octanol–water partition coefficient (Wildman–Crippen LogP) is 4.78. The second-order valence-corrected chi connectivity index (χ2v) is 8.00. The number of carbonyl (C=O) groups is 2. The first-order valence-corrected chi connectivity index (χ1v) is 10.6. The molecule has 30 heavy (non-hydrogen) atoms. The van der Waals surface area contributed by atoms with Gasteiger partial charge in [0.1, 0.15) is 17.3 Å². The molecule has 1 aliphatic rings. The molecule has 0 bridgehead atoms. The van der Waals surface area contributed by atoms with Crippen LogP contribution in [0.25, 0.3) is 5.76 Å². The molecule has 6 nitrogen and oxygen atoms in total. The van der Waals surface area contributed by atoms with Gasteiger partial charge in [0.2, 0.25) is 0 Å². The number of methoxy groups -OCH3 is 1. The lowest BCUT2D eigenvalue weighted by atomic mass is 9.95. The van der Waals surface area contributed by atoms with Gasteiger partial charge >= 0.3 is 0 Å². The zero-order valence-corrected chi connectivity index (χ0v) is 18.5. The van der Waals surface area contributed by atoms with E-state index in [0.717, 1.165) is 19.3 Å². The van der Waals surface area contributed by atoms with Crippen LogP contribution in [0.15, 0.2) is 52.5 Å². The Morgan fingerprint density at radius 1 is 1.17 bits per heavy atom. The molecule has 0 radical (unpaired) electrons. The predicted molar refractivity (Wildman–Crippen MR) is 117 cm³/mol. The molecule has 1 unspecified atom stereocenters. The molecule has 3 rings (SSSR count). The Kier molecular flexibility index (Phi) is 6.82. The highest BCUT2D eigenvalue weighted by molar-refractivity contribution is 9.10. The minimum absolute atomic E-state index is 0.0131. The number of Topliss-reactive ketones (excluding diaryl/α,β-unsaturated/α-hetero) is 1. The van der Waals surface area contributed by atoms with Gasteiger partial charge in [-0.1, -0.05) is 31.9 Å². The van der Waals surface area contributed by atoms with E-state index >= 15 is 0 Å². The number of amides is 1. The summed E-state index contributed by atoms with van der Waals surface area (Å²) < 4.78 is 5.83. The standard InChI is InChI=1S/C23H24BrNO5/c1-3-4-5-11-25-20(14-7-6-8-16(26)12-14)19(22(28)23(25)29)21(27)15-9-10-18(30-2)17(24)13-15/h6-10,12-13,20,26-27H,3-5,11H2,1-2H3/b21-19-. The molecule has 1 fully saturated rings. The number of unbranched alkanes of at least 4 members (excludes halogenated alkanes) is 2. The van der Waals surface area contributed by atoms with Gasteiger partial charge in [-0.2, -0.15) is 0 Å². The Hall–Kier alpha value is -2.80. The van der Waals surface area contributed by atoms with E-state index in [9.17, 15) is 19.8 Å². The van der Waals surface area contributed by atoms with Crippen LogP contribution in [0.5, 0.6) is 11.5 Å². The second kappa shape index (κ2) is 9.34. The summed E-state index contributed by atoms with van der Waals surface area (Å²) in [7, 11) is 1.53. The number of hydrogen-bond acceptors (Lipinski definition) is 5. The van der Waals surface area contributed by atoms with Crippen molar-refractivity contribution in [3.05, 3.63) is 63.6 Å². The first-order chi connectivity index (χ1) is 14.4. The molecule has 0 saturated carbocycles. The van der Waals surface area contributed by atoms with Crippen molar-refractivity contribution in [1.82, 2.24) is 4.90 Å². The molecule has 7 heteroatoms. The lowest BCUT2D eigenvalue weighted by Gasteiger charge is -2.25. The van der Waals surface area contributed by atoms with Crippen LogP contribution < -0.4 is 4.74 Å². The molecular formula is C23H24BrNO5.